The van der Waals surface area contributed by atoms with Crippen molar-refractivity contribution in [2.75, 3.05) is 43.4 Å². The van der Waals surface area contributed by atoms with E-state index in [1.54, 1.807) is 6.92 Å². The molecule has 0 spiro atoms. The SMILES string of the molecule is C[C@@]1(O)CCCN(c2nc(OC[C@@]34CCCN3CC(=C(F)F)C4)nc3c2CO[C@H](c2cc(N)cc(Cl)c2C(F)(F)F)C3)C1. The number of anilines is 2. The third-order valence-corrected chi connectivity index (χ3v) is 9.31. The number of nitrogen functional groups attached to an aromatic ring is 1. The Hall–Kier alpha value is -2.74. The van der Waals surface area contributed by atoms with Gasteiger partial charge in [-0.2, -0.15) is 31.9 Å². The number of halogens is 6. The van der Waals surface area contributed by atoms with Crippen LogP contribution in [0.5, 0.6) is 6.01 Å². The number of hydrogen-bond donors (Lipinski definition) is 2. The smallest absolute Gasteiger partial charge is 0.418 e. The Morgan fingerprint density at radius 3 is 2.70 bits per heavy atom. The van der Waals surface area contributed by atoms with Crippen molar-refractivity contribution in [2.45, 2.75) is 75.5 Å². The fourth-order valence-corrected chi connectivity index (χ4v) is 7.37. The number of hydrogen-bond acceptors (Lipinski definition) is 8. The molecule has 3 fully saturated rings. The second kappa shape index (κ2) is 11.0. The van der Waals surface area contributed by atoms with Gasteiger partial charge in [-0.05, 0) is 63.3 Å². The lowest BCUT2D eigenvalue weighted by atomic mass is 9.93. The molecule has 43 heavy (non-hydrogen) atoms. The highest BCUT2D eigenvalue weighted by atomic mass is 35.5. The minimum absolute atomic E-state index is 0.000596. The Balaban J connectivity index is 1.35. The lowest BCUT2D eigenvalue weighted by Gasteiger charge is -2.39. The Morgan fingerprint density at radius 2 is 1.98 bits per heavy atom. The van der Waals surface area contributed by atoms with Gasteiger partial charge >= 0.3 is 12.2 Å². The normalized spacial score (nSPS) is 27.8. The summed E-state index contributed by atoms with van der Waals surface area (Å²) in [5.74, 6) is 0.475. The zero-order valence-corrected chi connectivity index (χ0v) is 24.4. The molecule has 5 heterocycles. The molecule has 3 N–H and O–H groups in total. The fraction of sp³-hybridized carbons (Fsp3) is 0.586. The fourth-order valence-electron chi connectivity index (χ4n) is 7.02. The van der Waals surface area contributed by atoms with Crippen molar-refractivity contribution in [1.29, 1.82) is 0 Å². The predicted molar refractivity (Wildman–Crippen MR) is 149 cm³/mol. The van der Waals surface area contributed by atoms with E-state index in [9.17, 15) is 27.1 Å². The predicted octanol–water partition coefficient (Wildman–Crippen LogP) is 5.66. The summed E-state index contributed by atoms with van der Waals surface area (Å²) in [7, 11) is 0. The minimum Gasteiger partial charge on any atom is -0.461 e. The monoisotopic (exact) mass is 629 g/mol. The van der Waals surface area contributed by atoms with Crippen LogP contribution in [0.2, 0.25) is 5.02 Å². The van der Waals surface area contributed by atoms with E-state index in [0.717, 1.165) is 12.5 Å². The summed E-state index contributed by atoms with van der Waals surface area (Å²) in [6, 6.07) is 2.28. The number of ether oxygens (including phenoxy) is 2. The number of β-amino-alcohol motifs (C(OH)–C–C–N with tert-alkyl or cyclic N) is 1. The summed E-state index contributed by atoms with van der Waals surface area (Å²) in [5.41, 5.74) is 4.31. The maximum atomic E-state index is 14.1. The van der Waals surface area contributed by atoms with Crippen molar-refractivity contribution < 1.29 is 36.5 Å². The minimum atomic E-state index is -4.74. The highest BCUT2D eigenvalue weighted by Gasteiger charge is 2.48. The molecule has 3 atom stereocenters. The van der Waals surface area contributed by atoms with Crippen LogP contribution in [0.15, 0.2) is 23.8 Å². The Bertz CT molecular complexity index is 1450. The molecule has 3 saturated heterocycles. The molecular weight excluding hydrogens is 597 g/mol. The van der Waals surface area contributed by atoms with Crippen molar-refractivity contribution in [1.82, 2.24) is 14.9 Å². The average molecular weight is 630 g/mol. The maximum absolute atomic E-state index is 14.1. The molecule has 0 saturated carbocycles. The number of nitrogens with zero attached hydrogens (tertiary/aromatic N) is 4. The number of fused-ring (bicyclic) bond motifs is 2. The standard InChI is InChI=1S/C29H33ClF5N5O3/c1-27(41)4-2-6-39(14-27)25-19-13-42-22(18-8-17(36)9-20(30)23(18)29(33,34)35)10-21(19)37-26(38-25)43-15-28-5-3-7-40(28)12-16(11-28)24(31)32/h8-9,22,41H,2-7,10-15,36H2,1H3/t22-,27+,28-/m0/s1. The van der Waals surface area contributed by atoms with E-state index in [4.69, 9.17) is 26.8 Å². The van der Waals surface area contributed by atoms with Crippen molar-refractivity contribution in [3.05, 3.63) is 51.2 Å². The third-order valence-electron chi connectivity index (χ3n) is 9.01. The first kappa shape index (κ1) is 30.3. The van der Waals surface area contributed by atoms with Gasteiger partial charge in [0.25, 0.3) is 6.08 Å². The van der Waals surface area contributed by atoms with Crippen LogP contribution in [0.3, 0.4) is 0 Å². The molecule has 1 aromatic carbocycles. The quantitative estimate of drug-likeness (QED) is 0.323. The molecule has 8 nitrogen and oxygen atoms in total. The molecule has 0 bridgehead atoms. The van der Waals surface area contributed by atoms with Gasteiger partial charge in [-0.3, -0.25) is 4.90 Å². The van der Waals surface area contributed by atoms with Crippen LogP contribution in [0, 0.1) is 0 Å². The van der Waals surface area contributed by atoms with E-state index in [0.29, 0.717) is 49.4 Å². The number of benzene rings is 1. The van der Waals surface area contributed by atoms with Gasteiger partial charge in [-0.25, -0.2) is 0 Å². The van der Waals surface area contributed by atoms with Crippen molar-refractivity contribution in [2.24, 2.45) is 0 Å². The van der Waals surface area contributed by atoms with Gasteiger partial charge < -0.3 is 25.2 Å². The summed E-state index contributed by atoms with van der Waals surface area (Å²) in [5, 5.41) is 10.3. The lowest BCUT2D eigenvalue weighted by Crippen LogP contribution is -2.47. The number of aromatic nitrogens is 2. The highest BCUT2D eigenvalue weighted by molar-refractivity contribution is 6.31. The van der Waals surface area contributed by atoms with Gasteiger partial charge in [-0.1, -0.05) is 11.6 Å². The zero-order valence-electron chi connectivity index (χ0n) is 23.6. The van der Waals surface area contributed by atoms with Crippen LogP contribution >= 0.6 is 11.6 Å². The molecule has 2 aromatic rings. The zero-order chi connectivity index (χ0) is 30.7. The van der Waals surface area contributed by atoms with E-state index in [1.807, 2.05) is 9.80 Å². The van der Waals surface area contributed by atoms with E-state index in [1.165, 1.54) is 6.07 Å². The lowest BCUT2D eigenvalue weighted by molar-refractivity contribution is -0.139. The van der Waals surface area contributed by atoms with Gasteiger partial charge in [0, 0.05) is 42.9 Å². The molecule has 1 aromatic heterocycles. The molecule has 4 aliphatic rings. The van der Waals surface area contributed by atoms with E-state index in [2.05, 4.69) is 9.97 Å². The second-order valence-corrected chi connectivity index (χ2v) is 12.7. The van der Waals surface area contributed by atoms with Crippen LogP contribution in [0.25, 0.3) is 0 Å². The van der Waals surface area contributed by atoms with Crippen LogP contribution in [0.4, 0.5) is 33.5 Å². The molecule has 0 radical (unpaired) electrons. The molecule has 0 amide bonds. The summed E-state index contributed by atoms with van der Waals surface area (Å²) < 4.78 is 81.3. The van der Waals surface area contributed by atoms with Gasteiger partial charge in [-0.15, -0.1) is 0 Å². The molecule has 6 rings (SSSR count). The van der Waals surface area contributed by atoms with Crippen molar-refractivity contribution in [3.8, 4) is 6.01 Å². The molecule has 234 valence electrons. The first-order valence-electron chi connectivity index (χ1n) is 14.3. The molecule has 4 aliphatic heterocycles. The van der Waals surface area contributed by atoms with Crippen LogP contribution in [-0.4, -0.2) is 63.9 Å². The molecule has 0 aliphatic carbocycles. The first-order valence-corrected chi connectivity index (χ1v) is 14.7. The maximum Gasteiger partial charge on any atom is 0.418 e. The number of piperidine rings is 1. The topological polar surface area (TPSA) is 97.0 Å². The molecule has 14 heteroatoms. The second-order valence-electron chi connectivity index (χ2n) is 12.3. The van der Waals surface area contributed by atoms with Crippen LogP contribution in [-0.2, 0) is 23.9 Å². The Morgan fingerprint density at radius 1 is 1.21 bits per heavy atom. The van der Waals surface area contributed by atoms with E-state index < -0.39 is 40.1 Å². The van der Waals surface area contributed by atoms with Crippen LogP contribution in [0.1, 0.15) is 67.5 Å². The average Bonchev–Trinajstić information content (AvgIpc) is 3.47. The number of rotatable bonds is 5. The van der Waals surface area contributed by atoms with Crippen molar-refractivity contribution >= 4 is 23.1 Å². The third kappa shape index (κ3) is 5.88. The molecule has 0 unspecified atom stereocenters. The number of alkyl halides is 3. The summed E-state index contributed by atoms with van der Waals surface area (Å²) >= 11 is 6.01. The van der Waals surface area contributed by atoms with Gasteiger partial charge in [0.2, 0.25) is 0 Å². The van der Waals surface area contributed by atoms with Gasteiger partial charge in [0.1, 0.15) is 12.4 Å². The largest absolute Gasteiger partial charge is 0.461 e. The summed E-state index contributed by atoms with van der Waals surface area (Å²) in [4.78, 5) is 13.2. The summed E-state index contributed by atoms with van der Waals surface area (Å²) in [6.07, 6.45) is -4.46. The number of aliphatic hydroxyl groups is 1. The van der Waals surface area contributed by atoms with E-state index >= 15 is 0 Å². The highest BCUT2D eigenvalue weighted by Crippen LogP contribution is 2.46. The van der Waals surface area contributed by atoms with Crippen LogP contribution < -0.4 is 15.4 Å². The van der Waals surface area contributed by atoms with Gasteiger partial charge in [0.05, 0.1) is 40.1 Å². The Labute approximate surface area is 250 Å². The Kier molecular flexibility index (Phi) is 7.75. The summed E-state index contributed by atoms with van der Waals surface area (Å²) in [6.45, 7) is 3.48. The van der Waals surface area contributed by atoms with Crippen molar-refractivity contribution in [3.63, 3.8) is 0 Å². The number of nitrogens with two attached hydrogens (primary N) is 1. The molecular formula is C29H33ClF5N5O3. The van der Waals surface area contributed by atoms with Gasteiger partial charge in [0.15, 0.2) is 0 Å². The first-order chi connectivity index (χ1) is 20.2. The van der Waals surface area contributed by atoms with E-state index in [-0.39, 0.29) is 62.0 Å².